The monoisotopic (exact) mass is 376 g/mol. The van der Waals surface area contributed by atoms with E-state index in [1.165, 1.54) is 18.2 Å². The number of rotatable bonds is 5. The molecule has 1 unspecified atom stereocenters. The summed E-state index contributed by atoms with van der Waals surface area (Å²) in [4.78, 5) is 0.147. The normalized spacial score (nSPS) is 22.9. The van der Waals surface area contributed by atoms with Crippen molar-refractivity contribution in [3.8, 4) is 0 Å². The van der Waals surface area contributed by atoms with Gasteiger partial charge in [-0.3, -0.25) is 0 Å². The van der Waals surface area contributed by atoms with Crippen LogP contribution in [0.5, 0.6) is 0 Å². The molecule has 1 saturated carbocycles. The van der Waals surface area contributed by atoms with Crippen molar-refractivity contribution < 1.29 is 12.8 Å². The van der Waals surface area contributed by atoms with Crippen molar-refractivity contribution in [2.75, 3.05) is 13.1 Å². The van der Waals surface area contributed by atoms with Crippen molar-refractivity contribution in [2.24, 2.45) is 0 Å². The number of nitrogens with zero attached hydrogens (tertiary/aromatic N) is 1. The number of hydrogen-bond donors (Lipinski definition) is 1. The van der Waals surface area contributed by atoms with Crippen molar-refractivity contribution in [1.29, 1.82) is 0 Å². The summed E-state index contributed by atoms with van der Waals surface area (Å²) in [5.74, 6) is -0.448. The first kappa shape index (κ1) is 15.4. The summed E-state index contributed by atoms with van der Waals surface area (Å²) >= 11 is 3.17. The molecular weight excluding hydrogens is 359 g/mol. The highest BCUT2D eigenvalue weighted by molar-refractivity contribution is 9.10. The van der Waals surface area contributed by atoms with E-state index in [0.29, 0.717) is 6.54 Å². The molecule has 1 aromatic carbocycles. The van der Waals surface area contributed by atoms with E-state index in [4.69, 9.17) is 0 Å². The van der Waals surface area contributed by atoms with Crippen LogP contribution in [0.4, 0.5) is 4.39 Å². The van der Waals surface area contributed by atoms with Gasteiger partial charge in [-0.2, -0.15) is 4.31 Å². The van der Waals surface area contributed by atoms with Crippen LogP contribution < -0.4 is 5.32 Å². The van der Waals surface area contributed by atoms with E-state index in [9.17, 15) is 12.8 Å². The third-order valence-corrected chi connectivity index (χ3v) is 6.89. The van der Waals surface area contributed by atoms with Crippen LogP contribution in [0.1, 0.15) is 25.7 Å². The second-order valence-corrected chi connectivity index (χ2v) is 8.39. The SMILES string of the molecule is O=S(=O)(c1ccc(F)cc1Br)N(CC1CCCN1)C1CC1. The van der Waals surface area contributed by atoms with E-state index in [1.807, 2.05) is 0 Å². The van der Waals surface area contributed by atoms with Gasteiger partial charge in [-0.25, -0.2) is 12.8 Å². The zero-order valence-electron chi connectivity index (χ0n) is 11.6. The van der Waals surface area contributed by atoms with Gasteiger partial charge in [-0.05, 0) is 66.4 Å². The van der Waals surface area contributed by atoms with Gasteiger partial charge >= 0.3 is 0 Å². The average Bonchev–Trinajstić information content (AvgIpc) is 3.11. The molecule has 0 amide bonds. The molecule has 0 bridgehead atoms. The van der Waals surface area contributed by atoms with E-state index >= 15 is 0 Å². The first-order valence-electron chi connectivity index (χ1n) is 7.19. The molecule has 2 aliphatic rings. The van der Waals surface area contributed by atoms with Gasteiger partial charge in [-0.1, -0.05) is 0 Å². The molecule has 0 spiro atoms. The van der Waals surface area contributed by atoms with Gasteiger partial charge in [0.05, 0.1) is 4.90 Å². The standard InChI is InChI=1S/C14H18BrFN2O2S/c15-13-8-10(16)3-6-14(13)21(19,20)18(12-4-5-12)9-11-2-1-7-17-11/h3,6,8,11-12,17H,1-2,4-5,7,9H2. The average molecular weight is 377 g/mol. The molecule has 0 radical (unpaired) electrons. The fourth-order valence-electron chi connectivity index (χ4n) is 2.75. The summed E-state index contributed by atoms with van der Waals surface area (Å²) in [6, 6.07) is 4.04. The molecule has 0 aromatic heterocycles. The quantitative estimate of drug-likeness (QED) is 0.858. The smallest absolute Gasteiger partial charge is 0.244 e. The minimum absolute atomic E-state index is 0.0920. The summed E-state index contributed by atoms with van der Waals surface area (Å²) in [5.41, 5.74) is 0. The largest absolute Gasteiger partial charge is 0.313 e. The molecule has 7 heteroatoms. The molecule has 1 aliphatic carbocycles. The van der Waals surface area contributed by atoms with Crippen LogP contribution in [0.25, 0.3) is 0 Å². The van der Waals surface area contributed by atoms with E-state index in [-0.39, 0.29) is 21.5 Å². The van der Waals surface area contributed by atoms with Crippen molar-refractivity contribution in [2.45, 2.75) is 42.7 Å². The lowest BCUT2D eigenvalue weighted by atomic mass is 10.2. The van der Waals surface area contributed by atoms with Crippen molar-refractivity contribution in [1.82, 2.24) is 9.62 Å². The molecule has 1 atom stereocenters. The van der Waals surface area contributed by atoms with Gasteiger partial charge in [0.25, 0.3) is 0 Å². The van der Waals surface area contributed by atoms with Crippen molar-refractivity contribution >= 4 is 26.0 Å². The molecule has 1 saturated heterocycles. The molecule has 1 aromatic rings. The predicted octanol–water partition coefficient (Wildman–Crippen LogP) is 2.49. The number of halogens is 2. The Morgan fingerprint density at radius 3 is 2.67 bits per heavy atom. The molecule has 116 valence electrons. The third-order valence-electron chi connectivity index (χ3n) is 4.00. The molecular formula is C14H18BrFN2O2S. The second-order valence-electron chi connectivity index (χ2n) is 5.67. The van der Waals surface area contributed by atoms with Gasteiger partial charge < -0.3 is 5.32 Å². The van der Waals surface area contributed by atoms with Crippen LogP contribution in [-0.2, 0) is 10.0 Å². The molecule has 21 heavy (non-hydrogen) atoms. The van der Waals surface area contributed by atoms with E-state index in [2.05, 4.69) is 21.2 Å². The summed E-state index contributed by atoms with van der Waals surface area (Å²) < 4.78 is 40.8. The van der Waals surface area contributed by atoms with Gasteiger partial charge in [0, 0.05) is 23.1 Å². The minimum atomic E-state index is -3.59. The highest BCUT2D eigenvalue weighted by Crippen LogP contribution is 2.35. The second kappa shape index (κ2) is 5.95. The predicted molar refractivity (Wildman–Crippen MR) is 82.0 cm³/mol. The highest BCUT2D eigenvalue weighted by atomic mass is 79.9. The Balaban J connectivity index is 1.89. The zero-order chi connectivity index (χ0) is 15.0. The van der Waals surface area contributed by atoms with Gasteiger partial charge in [0.15, 0.2) is 0 Å². The Labute approximate surface area is 132 Å². The summed E-state index contributed by atoms with van der Waals surface area (Å²) in [6.45, 7) is 1.44. The molecule has 3 rings (SSSR count). The molecule has 2 fully saturated rings. The molecule has 1 N–H and O–H groups in total. The highest BCUT2D eigenvalue weighted by Gasteiger charge is 2.40. The maximum atomic E-state index is 13.2. The minimum Gasteiger partial charge on any atom is -0.313 e. The Morgan fingerprint density at radius 1 is 1.33 bits per heavy atom. The zero-order valence-corrected chi connectivity index (χ0v) is 14.0. The number of benzene rings is 1. The summed E-state index contributed by atoms with van der Waals surface area (Å²) in [7, 11) is -3.59. The van der Waals surface area contributed by atoms with Crippen LogP contribution in [0, 0.1) is 5.82 Å². The van der Waals surface area contributed by atoms with Gasteiger partial charge in [-0.15, -0.1) is 0 Å². The van der Waals surface area contributed by atoms with E-state index in [1.54, 1.807) is 4.31 Å². The lowest BCUT2D eigenvalue weighted by Gasteiger charge is -2.25. The first-order valence-corrected chi connectivity index (χ1v) is 9.42. The lowest BCUT2D eigenvalue weighted by molar-refractivity contribution is 0.362. The van der Waals surface area contributed by atoms with Gasteiger partial charge in [0.1, 0.15) is 5.82 Å². The summed E-state index contributed by atoms with van der Waals surface area (Å²) in [6.07, 6.45) is 3.91. The maximum absolute atomic E-state index is 13.2. The van der Waals surface area contributed by atoms with Crippen LogP contribution in [0.3, 0.4) is 0 Å². The van der Waals surface area contributed by atoms with E-state index < -0.39 is 15.8 Å². The third kappa shape index (κ3) is 3.31. The Kier molecular flexibility index (Phi) is 4.36. The fourth-order valence-corrected chi connectivity index (χ4v) is 5.49. The summed E-state index contributed by atoms with van der Waals surface area (Å²) in [5, 5.41) is 3.34. The molecule has 4 nitrogen and oxygen atoms in total. The molecule has 1 aliphatic heterocycles. The Bertz CT molecular complexity index is 628. The van der Waals surface area contributed by atoms with Crippen LogP contribution in [-0.4, -0.2) is 37.9 Å². The number of hydrogen-bond acceptors (Lipinski definition) is 3. The Hall–Kier alpha value is -0.500. The van der Waals surface area contributed by atoms with Crippen LogP contribution >= 0.6 is 15.9 Å². The maximum Gasteiger partial charge on any atom is 0.244 e. The lowest BCUT2D eigenvalue weighted by Crippen LogP contribution is -2.42. The van der Waals surface area contributed by atoms with Crippen LogP contribution in [0.2, 0.25) is 0 Å². The van der Waals surface area contributed by atoms with E-state index in [0.717, 1.165) is 32.2 Å². The first-order chi connectivity index (χ1) is 9.98. The van der Waals surface area contributed by atoms with Crippen molar-refractivity contribution in [3.05, 3.63) is 28.5 Å². The number of nitrogens with one attached hydrogen (secondary N) is 1. The molecule has 1 heterocycles. The Morgan fingerprint density at radius 2 is 2.10 bits per heavy atom. The topological polar surface area (TPSA) is 49.4 Å². The van der Waals surface area contributed by atoms with Crippen molar-refractivity contribution in [3.63, 3.8) is 0 Å². The van der Waals surface area contributed by atoms with Gasteiger partial charge in [0.2, 0.25) is 10.0 Å². The van der Waals surface area contributed by atoms with Crippen LogP contribution in [0.15, 0.2) is 27.6 Å². The fraction of sp³-hybridized carbons (Fsp3) is 0.571. The number of sulfonamides is 1.